The van der Waals surface area contributed by atoms with E-state index in [-0.39, 0.29) is 17.0 Å². The third kappa shape index (κ3) is 4.78. The predicted octanol–water partition coefficient (Wildman–Crippen LogP) is 2.96. The van der Waals surface area contributed by atoms with Crippen LogP contribution >= 0.6 is 11.3 Å². The number of esters is 1. The molecule has 0 bridgehead atoms. The topological polar surface area (TPSA) is 98.0 Å². The number of ether oxygens (including phenoxy) is 1. The van der Waals surface area contributed by atoms with E-state index in [2.05, 4.69) is 11.9 Å². The van der Waals surface area contributed by atoms with E-state index in [1.165, 1.54) is 47.0 Å². The van der Waals surface area contributed by atoms with Crippen molar-refractivity contribution >= 4 is 43.5 Å². The van der Waals surface area contributed by atoms with Crippen LogP contribution in [0.25, 0.3) is 10.2 Å². The van der Waals surface area contributed by atoms with Gasteiger partial charge in [0.15, 0.2) is 4.80 Å². The molecule has 0 N–H and O–H groups in total. The number of benzene rings is 2. The highest BCUT2D eigenvalue weighted by Crippen LogP contribution is 2.22. The summed E-state index contributed by atoms with van der Waals surface area (Å²) < 4.78 is 34.3. The number of carbonyl (C=O) groups is 2. The quantitative estimate of drug-likeness (QED) is 0.498. The molecule has 0 saturated carbocycles. The summed E-state index contributed by atoms with van der Waals surface area (Å²) in [7, 11) is -2.24. The fourth-order valence-electron chi connectivity index (χ4n) is 3.77. The lowest BCUT2D eigenvalue weighted by molar-refractivity contribution is -0.141. The molecule has 4 rings (SSSR count). The molecule has 0 radical (unpaired) electrons. The van der Waals surface area contributed by atoms with E-state index in [4.69, 9.17) is 4.74 Å². The minimum Gasteiger partial charge on any atom is -0.468 e. The van der Waals surface area contributed by atoms with Gasteiger partial charge < -0.3 is 9.30 Å². The third-order valence-electron chi connectivity index (χ3n) is 5.67. The van der Waals surface area contributed by atoms with E-state index in [9.17, 15) is 18.0 Å². The maximum atomic E-state index is 12.9. The van der Waals surface area contributed by atoms with Gasteiger partial charge in [0.05, 0.1) is 22.2 Å². The first-order valence-corrected chi connectivity index (χ1v) is 13.0. The monoisotopic (exact) mass is 487 g/mol. The minimum absolute atomic E-state index is 0.0684. The molecule has 1 aromatic heterocycles. The van der Waals surface area contributed by atoms with Crippen molar-refractivity contribution < 1.29 is 22.7 Å². The summed E-state index contributed by atoms with van der Waals surface area (Å²) in [5.74, 6) is -0.958. The number of hydrogen-bond donors (Lipinski definition) is 0. The third-order valence-corrected chi connectivity index (χ3v) is 8.63. The summed E-state index contributed by atoms with van der Waals surface area (Å²) in [6, 6.07) is 11.7. The zero-order chi connectivity index (χ0) is 23.6. The van der Waals surface area contributed by atoms with Crippen LogP contribution in [0.15, 0.2) is 52.4 Å². The van der Waals surface area contributed by atoms with E-state index in [1.54, 1.807) is 4.57 Å². The maximum absolute atomic E-state index is 12.9. The molecule has 3 aromatic rings. The molecule has 10 heteroatoms. The van der Waals surface area contributed by atoms with Gasteiger partial charge in [0.25, 0.3) is 5.91 Å². The summed E-state index contributed by atoms with van der Waals surface area (Å²) in [6.45, 7) is 3.02. The van der Waals surface area contributed by atoms with Gasteiger partial charge >= 0.3 is 5.97 Å². The molecule has 2 heterocycles. The van der Waals surface area contributed by atoms with Crippen LogP contribution < -0.4 is 4.80 Å². The molecule has 174 valence electrons. The van der Waals surface area contributed by atoms with Gasteiger partial charge in [0, 0.05) is 18.7 Å². The molecule has 33 heavy (non-hydrogen) atoms. The molecule has 1 aliphatic heterocycles. The summed E-state index contributed by atoms with van der Waals surface area (Å²) in [6.07, 6.45) is 2.58. The van der Waals surface area contributed by atoms with E-state index in [1.807, 2.05) is 18.2 Å². The summed E-state index contributed by atoms with van der Waals surface area (Å²) in [5.41, 5.74) is 2.20. The standard InChI is InChI=1S/C23H25N3O5S2/c1-3-16-6-11-19-20(14-16)32-23(26(19)15-21(27)31-2)24-22(28)17-7-9-18(10-8-17)33(29,30)25-12-4-5-13-25/h6-11,14H,3-5,12-13,15H2,1-2H3. The fraction of sp³-hybridized carbons (Fsp3) is 0.348. The number of thiazole rings is 1. The Morgan fingerprint density at radius 2 is 1.79 bits per heavy atom. The van der Waals surface area contributed by atoms with Crippen molar-refractivity contribution in [3.63, 3.8) is 0 Å². The van der Waals surface area contributed by atoms with Gasteiger partial charge in [0.1, 0.15) is 6.54 Å². The van der Waals surface area contributed by atoms with Crippen LogP contribution in [0.1, 0.15) is 35.7 Å². The number of methoxy groups -OCH3 is 1. The normalized spacial score (nSPS) is 15.3. The van der Waals surface area contributed by atoms with Crippen LogP contribution in [-0.4, -0.2) is 49.4 Å². The van der Waals surface area contributed by atoms with Crippen molar-refractivity contribution in [2.75, 3.05) is 20.2 Å². The Labute approximate surface area is 196 Å². The van der Waals surface area contributed by atoms with Gasteiger partial charge in [-0.2, -0.15) is 9.30 Å². The number of aryl methyl sites for hydroxylation is 1. The van der Waals surface area contributed by atoms with Crippen molar-refractivity contribution in [3.05, 3.63) is 58.4 Å². The first kappa shape index (κ1) is 23.3. The number of amides is 1. The van der Waals surface area contributed by atoms with E-state index in [0.717, 1.165) is 35.0 Å². The van der Waals surface area contributed by atoms with Crippen molar-refractivity contribution in [2.45, 2.75) is 37.6 Å². The highest BCUT2D eigenvalue weighted by molar-refractivity contribution is 7.89. The first-order valence-electron chi connectivity index (χ1n) is 10.7. The zero-order valence-electron chi connectivity index (χ0n) is 18.5. The Kier molecular flexibility index (Phi) is 6.78. The molecule has 0 unspecified atom stereocenters. The summed E-state index contributed by atoms with van der Waals surface area (Å²) >= 11 is 1.32. The van der Waals surface area contributed by atoms with Gasteiger partial charge in [-0.25, -0.2) is 8.42 Å². The highest BCUT2D eigenvalue weighted by Gasteiger charge is 2.27. The van der Waals surface area contributed by atoms with Crippen molar-refractivity contribution in [1.82, 2.24) is 8.87 Å². The predicted molar refractivity (Wildman–Crippen MR) is 126 cm³/mol. The summed E-state index contributed by atoms with van der Waals surface area (Å²) in [5, 5.41) is 0. The Hall–Kier alpha value is -2.82. The fourth-order valence-corrected chi connectivity index (χ4v) is 6.38. The lowest BCUT2D eigenvalue weighted by Gasteiger charge is -2.15. The molecule has 0 atom stereocenters. The SMILES string of the molecule is CCc1ccc2c(c1)sc(=NC(=O)c1ccc(S(=O)(=O)N3CCCC3)cc1)n2CC(=O)OC. The summed E-state index contributed by atoms with van der Waals surface area (Å²) in [4.78, 5) is 29.7. The van der Waals surface area contributed by atoms with Crippen LogP contribution in [0.3, 0.4) is 0 Å². The molecule has 0 spiro atoms. The molecule has 0 aliphatic carbocycles. The minimum atomic E-state index is -3.55. The largest absolute Gasteiger partial charge is 0.468 e. The number of carbonyl (C=O) groups excluding carboxylic acids is 2. The van der Waals surface area contributed by atoms with Crippen LogP contribution in [0.4, 0.5) is 0 Å². The number of hydrogen-bond acceptors (Lipinski definition) is 6. The van der Waals surface area contributed by atoms with Crippen molar-refractivity contribution in [2.24, 2.45) is 4.99 Å². The number of aromatic nitrogens is 1. The smallest absolute Gasteiger partial charge is 0.325 e. The average Bonchev–Trinajstić information content (AvgIpc) is 3.48. The van der Waals surface area contributed by atoms with E-state index in [0.29, 0.717) is 17.9 Å². The maximum Gasteiger partial charge on any atom is 0.325 e. The second-order valence-electron chi connectivity index (χ2n) is 7.76. The van der Waals surface area contributed by atoms with E-state index >= 15 is 0 Å². The Bertz CT molecular complexity index is 1370. The van der Waals surface area contributed by atoms with Crippen LogP contribution in [-0.2, 0) is 32.5 Å². The lowest BCUT2D eigenvalue weighted by atomic mass is 10.2. The zero-order valence-corrected chi connectivity index (χ0v) is 20.1. The van der Waals surface area contributed by atoms with E-state index < -0.39 is 21.9 Å². The molecule has 1 aliphatic rings. The van der Waals surface area contributed by atoms with Gasteiger partial charge in [-0.15, -0.1) is 0 Å². The number of fused-ring (bicyclic) bond motifs is 1. The molecular weight excluding hydrogens is 462 g/mol. The first-order chi connectivity index (χ1) is 15.8. The molecule has 1 fully saturated rings. The Balaban J connectivity index is 1.69. The van der Waals surface area contributed by atoms with Crippen molar-refractivity contribution in [1.29, 1.82) is 0 Å². The second kappa shape index (κ2) is 9.58. The van der Waals surface area contributed by atoms with Crippen LogP contribution in [0, 0.1) is 0 Å². The van der Waals surface area contributed by atoms with Gasteiger partial charge in [-0.05, 0) is 61.2 Å². The number of sulfonamides is 1. The Morgan fingerprint density at radius 1 is 1.09 bits per heavy atom. The molecule has 1 saturated heterocycles. The van der Waals surface area contributed by atoms with Crippen molar-refractivity contribution in [3.8, 4) is 0 Å². The van der Waals surface area contributed by atoms with Crippen LogP contribution in [0.2, 0.25) is 0 Å². The molecule has 1 amide bonds. The molecule has 8 nitrogen and oxygen atoms in total. The molecule has 2 aromatic carbocycles. The average molecular weight is 488 g/mol. The Morgan fingerprint density at radius 3 is 2.42 bits per heavy atom. The van der Waals surface area contributed by atoms with Crippen LogP contribution in [0.5, 0.6) is 0 Å². The lowest BCUT2D eigenvalue weighted by Crippen LogP contribution is -2.27. The molecular formula is C23H25N3O5S2. The van der Waals surface area contributed by atoms with Gasteiger partial charge in [0.2, 0.25) is 10.0 Å². The van der Waals surface area contributed by atoms with Gasteiger partial charge in [-0.3, -0.25) is 9.59 Å². The van der Waals surface area contributed by atoms with Gasteiger partial charge in [-0.1, -0.05) is 24.3 Å². The number of rotatable bonds is 6. The second-order valence-corrected chi connectivity index (χ2v) is 10.7. The number of nitrogens with zero attached hydrogens (tertiary/aromatic N) is 3. The highest BCUT2D eigenvalue weighted by atomic mass is 32.2.